The van der Waals surface area contributed by atoms with Gasteiger partial charge in [0, 0.05) is 0 Å². The van der Waals surface area contributed by atoms with E-state index < -0.39 is 9.84 Å². The highest BCUT2D eigenvalue weighted by Gasteiger charge is 2.15. The second-order valence-corrected chi connectivity index (χ2v) is 8.19. The number of benzene rings is 3. The van der Waals surface area contributed by atoms with Crippen LogP contribution in [0.15, 0.2) is 84.3 Å². The van der Waals surface area contributed by atoms with Crippen LogP contribution >= 0.6 is 0 Å². The third kappa shape index (κ3) is 6.76. The first-order valence-corrected chi connectivity index (χ1v) is 12.1. The predicted molar refractivity (Wildman–Crippen MR) is 132 cm³/mol. The average Bonchev–Trinajstić information content (AvgIpc) is 2.82. The summed E-state index contributed by atoms with van der Waals surface area (Å²) < 4.78 is 23.6. The van der Waals surface area contributed by atoms with Crippen molar-refractivity contribution in [2.24, 2.45) is 0 Å². The van der Waals surface area contributed by atoms with Crippen LogP contribution in [0.4, 0.5) is 0 Å². The standard InChI is InChI=1S/C23H20O3S.2C2H6/c1-17-8-6-13-22(20-10-4-3-5-11-20)23(17)18(2)14-19-9-7-12-21(15-19)27(25,26)16-24;2*1-2/h3-13,15-16H,2,14H2,1H3;2*1-2H3. The van der Waals surface area contributed by atoms with E-state index in [0.29, 0.717) is 6.42 Å². The van der Waals surface area contributed by atoms with Crippen LogP contribution in [-0.2, 0) is 21.1 Å². The van der Waals surface area contributed by atoms with Gasteiger partial charge in [-0.15, -0.1) is 0 Å². The molecular weight excluding hydrogens is 404 g/mol. The second kappa shape index (κ2) is 12.7. The van der Waals surface area contributed by atoms with Crippen molar-refractivity contribution < 1.29 is 13.2 Å². The van der Waals surface area contributed by atoms with Gasteiger partial charge in [-0.05, 0) is 58.9 Å². The Labute approximate surface area is 187 Å². The van der Waals surface area contributed by atoms with E-state index in [-0.39, 0.29) is 10.5 Å². The van der Waals surface area contributed by atoms with Gasteiger partial charge in [0.25, 0.3) is 0 Å². The highest BCUT2D eigenvalue weighted by Crippen LogP contribution is 2.32. The molecule has 0 unspecified atom stereocenters. The molecule has 0 aliphatic carbocycles. The molecule has 164 valence electrons. The minimum absolute atomic E-state index is 0.0101. The second-order valence-electron chi connectivity index (χ2n) is 6.43. The fourth-order valence-electron chi connectivity index (χ4n) is 3.22. The molecule has 0 fully saturated rings. The van der Waals surface area contributed by atoms with Gasteiger partial charge in [-0.25, -0.2) is 8.42 Å². The SMILES string of the molecule is C=C(Cc1cccc(S(=O)(=O)C=O)c1)c1c(C)cccc1-c1ccccc1.CC.CC. The molecule has 0 radical (unpaired) electrons. The molecule has 0 spiro atoms. The maximum atomic E-state index is 11.8. The van der Waals surface area contributed by atoms with Gasteiger partial charge < -0.3 is 0 Å². The number of hydrogen-bond acceptors (Lipinski definition) is 3. The quantitative estimate of drug-likeness (QED) is 0.393. The Morgan fingerprint density at radius 1 is 0.871 bits per heavy atom. The molecule has 0 atom stereocenters. The van der Waals surface area contributed by atoms with Gasteiger partial charge in [-0.2, -0.15) is 0 Å². The van der Waals surface area contributed by atoms with Crippen LogP contribution in [0.25, 0.3) is 16.7 Å². The molecular formula is C27H32O3S. The number of hydrogen-bond donors (Lipinski definition) is 0. The van der Waals surface area contributed by atoms with Crippen LogP contribution in [0.2, 0.25) is 0 Å². The monoisotopic (exact) mass is 436 g/mol. The zero-order valence-corrected chi connectivity index (χ0v) is 19.9. The first-order valence-electron chi connectivity index (χ1n) is 10.5. The van der Waals surface area contributed by atoms with Crippen molar-refractivity contribution in [3.05, 3.63) is 96.1 Å². The molecule has 0 N–H and O–H groups in total. The first-order chi connectivity index (χ1) is 14.9. The van der Waals surface area contributed by atoms with Gasteiger partial charge in [0.1, 0.15) is 0 Å². The number of carbonyl (C=O) groups is 1. The number of rotatable bonds is 6. The third-order valence-corrected chi connectivity index (χ3v) is 5.65. The lowest BCUT2D eigenvalue weighted by molar-refractivity contribution is 0.556. The van der Waals surface area contributed by atoms with E-state index in [1.165, 1.54) is 12.1 Å². The summed E-state index contributed by atoms with van der Waals surface area (Å²) in [6, 6.07) is 22.7. The molecule has 3 aromatic rings. The van der Waals surface area contributed by atoms with E-state index in [1.54, 1.807) is 6.07 Å². The molecule has 31 heavy (non-hydrogen) atoms. The molecule has 0 amide bonds. The summed E-state index contributed by atoms with van der Waals surface area (Å²) in [7, 11) is -3.89. The van der Waals surface area contributed by atoms with Crippen molar-refractivity contribution >= 4 is 21.0 Å². The van der Waals surface area contributed by atoms with Gasteiger partial charge in [0.05, 0.1) is 4.90 Å². The van der Waals surface area contributed by atoms with Crippen molar-refractivity contribution in [2.45, 2.75) is 45.9 Å². The smallest absolute Gasteiger partial charge is 0.238 e. The van der Waals surface area contributed by atoms with Gasteiger partial charge in [0.2, 0.25) is 15.5 Å². The zero-order valence-electron chi connectivity index (χ0n) is 19.1. The van der Waals surface area contributed by atoms with Crippen molar-refractivity contribution in [1.82, 2.24) is 0 Å². The summed E-state index contributed by atoms with van der Waals surface area (Å²) in [6.07, 6.45) is 0.493. The Kier molecular flexibility index (Phi) is 10.6. The van der Waals surface area contributed by atoms with Gasteiger partial charge in [-0.3, -0.25) is 4.79 Å². The molecule has 3 nitrogen and oxygen atoms in total. The van der Waals surface area contributed by atoms with Crippen LogP contribution in [0.1, 0.15) is 44.4 Å². The Balaban J connectivity index is 0.00000113. The summed E-state index contributed by atoms with van der Waals surface area (Å²) in [4.78, 5) is 10.8. The summed E-state index contributed by atoms with van der Waals surface area (Å²) in [6.45, 7) is 14.3. The van der Waals surface area contributed by atoms with Crippen molar-refractivity contribution in [2.75, 3.05) is 0 Å². The normalized spacial score (nSPS) is 10.1. The Bertz CT molecular complexity index is 1100. The molecule has 0 saturated carbocycles. The van der Waals surface area contributed by atoms with Gasteiger partial charge in [0.15, 0.2) is 0 Å². The van der Waals surface area contributed by atoms with Crippen LogP contribution in [0, 0.1) is 6.92 Å². The van der Waals surface area contributed by atoms with E-state index in [1.807, 2.05) is 71.0 Å². The van der Waals surface area contributed by atoms with E-state index in [2.05, 4.69) is 24.8 Å². The predicted octanol–water partition coefficient (Wildman–Crippen LogP) is 6.93. The summed E-state index contributed by atoms with van der Waals surface area (Å²) in [5.41, 5.74) is 6.05. The number of aryl methyl sites for hydroxylation is 1. The molecule has 0 saturated heterocycles. The Morgan fingerprint density at radius 2 is 1.48 bits per heavy atom. The topological polar surface area (TPSA) is 51.2 Å². The van der Waals surface area contributed by atoms with E-state index in [9.17, 15) is 13.2 Å². The molecule has 3 aromatic carbocycles. The number of allylic oxidation sites excluding steroid dienone is 1. The van der Waals surface area contributed by atoms with Crippen LogP contribution in [-0.4, -0.2) is 14.0 Å². The molecule has 3 rings (SSSR count). The lowest BCUT2D eigenvalue weighted by Crippen LogP contribution is -2.02. The number of sulfone groups is 1. The maximum absolute atomic E-state index is 11.8. The molecule has 0 heterocycles. The molecule has 0 aliphatic rings. The van der Waals surface area contributed by atoms with E-state index >= 15 is 0 Å². The lowest BCUT2D eigenvalue weighted by Gasteiger charge is -2.16. The fourth-order valence-corrected chi connectivity index (χ4v) is 3.91. The summed E-state index contributed by atoms with van der Waals surface area (Å²) in [5, 5.41) is 0. The Morgan fingerprint density at radius 3 is 2.10 bits per heavy atom. The lowest BCUT2D eigenvalue weighted by atomic mass is 9.89. The van der Waals surface area contributed by atoms with E-state index in [4.69, 9.17) is 0 Å². The fraction of sp³-hybridized carbons (Fsp3) is 0.222. The Hall–Kier alpha value is -2.98. The molecule has 4 heteroatoms. The highest BCUT2D eigenvalue weighted by molar-refractivity contribution is 8.04. The van der Waals surface area contributed by atoms with Crippen molar-refractivity contribution in [1.29, 1.82) is 0 Å². The summed E-state index contributed by atoms with van der Waals surface area (Å²) >= 11 is 0. The molecule has 0 bridgehead atoms. The minimum atomic E-state index is -3.89. The minimum Gasteiger partial charge on any atom is -0.285 e. The highest BCUT2D eigenvalue weighted by atomic mass is 32.2. The third-order valence-electron chi connectivity index (χ3n) is 4.48. The van der Waals surface area contributed by atoms with Gasteiger partial charge >= 0.3 is 0 Å². The van der Waals surface area contributed by atoms with Crippen LogP contribution in [0.5, 0.6) is 0 Å². The summed E-state index contributed by atoms with van der Waals surface area (Å²) in [5.74, 6) is 0. The van der Waals surface area contributed by atoms with E-state index in [0.717, 1.165) is 33.4 Å². The maximum Gasteiger partial charge on any atom is 0.238 e. The van der Waals surface area contributed by atoms with Gasteiger partial charge in [-0.1, -0.05) is 94.9 Å². The molecule has 0 aliphatic heterocycles. The average molecular weight is 437 g/mol. The molecule has 0 aromatic heterocycles. The van der Waals surface area contributed by atoms with Crippen LogP contribution < -0.4 is 0 Å². The zero-order chi connectivity index (χ0) is 23.4. The largest absolute Gasteiger partial charge is 0.285 e. The first kappa shape index (κ1) is 26.1. The number of carbonyl (C=O) groups excluding carboxylic acids is 1. The van der Waals surface area contributed by atoms with Crippen molar-refractivity contribution in [3.8, 4) is 11.1 Å². The van der Waals surface area contributed by atoms with Crippen LogP contribution in [0.3, 0.4) is 0 Å². The van der Waals surface area contributed by atoms with Crippen molar-refractivity contribution in [3.63, 3.8) is 0 Å².